The van der Waals surface area contributed by atoms with Crippen LogP contribution in [0.4, 0.5) is 11.4 Å². The van der Waals surface area contributed by atoms with Gasteiger partial charge in [-0.3, -0.25) is 9.59 Å². The molecule has 1 atom stereocenters. The Bertz CT molecular complexity index is 936. The van der Waals surface area contributed by atoms with Crippen LogP contribution in [-0.2, 0) is 9.59 Å². The smallest absolute Gasteiger partial charge is 0.239 e. The minimum absolute atomic E-state index is 0.187. The van der Waals surface area contributed by atoms with Crippen LogP contribution in [0.1, 0.15) is 6.42 Å². The molecule has 0 radical (unpaired) electrons. The average Bonchev–Trinajstić information content (AvgIpc) is 3.09. The van der Waals surface area contributed by atoms with Crippen molar-refractivity contribution in [3.63, 3.8) is 0 Å². The Labute approximate surface area is 175 Å². The summed E-state index contributed by atoms with van der Waals surface area (Å²) >= 11 is 4.98. The molecule has 2 aromatic rings. The number of benzene rings is 2. The summed E-state index contributed by atoms with van der Waals surface area (Å²) in [5.41, 5.74) is 1.42. The molecule has 0 spiro atoms. The molecule has 4 rings (SSSR count). The van der Waals surface area contributed by atoms with Gasteiger partial charge >= 0.3 is 0 Å². The quantitative estimate of drug-likeness (QED) is 0.550. The van der Waals surface area contributed by atoms with Crippen molar-refractivity contribution in [2.24, 2.45) is 5.92 Å². The van der Waals surface area contributed by atoms with Crippen molar-refractivity contribution >= 4 is 50.9 Å². The van der Waals surface area contributed by atoms with E-state index in [9.17, 15) is 9.59 Å². The predicted octanol–water partition coefficient (Wildman–Crippen LogP) is 3.93. The normalized spacial score (nSPS) is 18.3. The Kier molecular flexibility index (Phi) is 5.50. The van der Waals surface area contributed by atoms with Gasteiger partial charge in [-0.2, -0.15) is 0 Å². The van der Waals surface area contributed by atoms with Gasteiger partial charge in [0.05, 0.1) is 11.4 Å². The van der Waals surface area contributed by atoms with Crippen molar-refractivity contribution < 1.29 is 19.1 Å². The second-order valence-corrected chi connectivity index (χ2v) is 8.17. The maximum absolute atomic E-state index is 12.9. The first-order chi connectivity index (χ1) is 13.6. The highest BCUT2D eigenvalue weighted by atomic mass is 79.9. The van der Waals surface area contributed by atoms with Gasteiger partial charge in [0.2, 0.25) is 11.8 Å². The lowest BCUT2D eigenvalue weighted by atomic mass is 10.1. The molecule has 1 fully saturated rings. The summed E-state index contributed by atoms with van der Waals surface area (Å²) < 4.78 is 12.0. The largest absolute Gasteiger partial charge is 0.486 e. The van der Waals surface area contributed by atoms with E-state index in [1.54, 1.807) is 11.0 Å². The third-order valence-electron chi connectivity index (χ3n) is 4.79. The monoisotopic (exact) mass is 462 g/mol. The number of halogens is 1. The molecular weight excluding hydrogens is 444 g/mol. The zero-order chi connectivity index (χ0) is 19.7. The van der Waals surface area contributed by atoms with Crippen LogP contribution < -0.4 is 19.7 Å². The first-order valence-corrected chi connectivity index (χ1v) is 10.9. The molecule has 146 valence electrons. The number of para-hydroxylation sites is 1. The molecule has 1 unspecified atom stereocenters. The highest BCUT2D eigenvalue weighted by Crippen LogP contribution is 2.40. The summed E-state index contributed by atoms with van der Waals surface area (Å²) in [6.45, 7) is 1.49. The van der Waals surface area contributed by atoms with Gasteiger partial charge in [-0.1, -0.05) is 12.1 Å². The van der Waals surface area contributed by atoms with E-state index in [1.165, 1.54) is 11.8 Å². The molecule has 0 aromatic heterocycles. The molecule has 0 aliphatic carbocycles. The van der Waals surface area contributed by atoms with Crippen molar-refractivity contribution in [1.29, 1.82) is 0 Å². The van der Waals surface area contributed by atoms with Crippen molar-refractivity contribution in [2.45, 2.75) is 11.3 Å². The summed E-state index contributed by atoms with van der Waals surface area (Å²) in [5, 5.41) is 2.92. The van der Waals surface area contributed by atoms with E-state index in [0.29, 0.717) is 43.4 Å². The highest BCUT2D eigenvalue weighted by Gasteiger charge is 2.38. The number of rotatable bonds is 4. The summed E-state index contributed by atoms with van der Waals surface area (Å²) in [5.74, 6) is 0.0757. The Balaban J connectivity index is 1.53. The first kappa shape index (κ1) is 19.1. The van der Waals surface area contributed by atoms with E-state index in [0.717, 1.165) is 15.1 Å². The molecular formula is C20H19BrN2O4S. The lowest BCUT2D eigenvalue weighted by Crippen LogP contribution is -2.33. The standard InChI is InChI=1S/C20H19BrN2O4S/c1-28-18-11-17-16(26-8-9-27-17)10-14(18)22-19(24)12-6-7-23(20(12)25)15-5-3-2-4-13(15)21/h2-5,10-12H,6-9H2,1H3,(H,22,24). The zero-order valence-electron chi connectivity index (χ0n) is 15.2. The minimum atomic E-state index is -0.713. The minimum Gasteiger partial charge on any atom is -0.486 e. The van der Waals surface area contributed by atoms with Crippen LogP contribution in [0.5, 0.6) is 11.5 Å². The van der Waals surface area contributed by atoms with Gasteiger partial charge in [0.15, 0.2) is 11.5 Å². The van der Waals surface area contributed by atoms with E-state index in [-0.39, 0.29) is 11.8 Å². The van der Waals surface area contributed by atoms with Gasteiger partial charge in [-0.15, -0.1) is 11.8 Å². The number of carbonyl (C=O) groups is 2. The van der Waals surface area contributed by atoms with Gasteiger partial charge in [-0.05, 0) is 46.8 Å². The van der Waals surface area contributed by atoms with Crippen LogP contribution in [0, 0.1) is 5.92 Å². The topological polar surface area (TPSA) is 67.9 Å². The molecule has 0 bridgehead atoms. The third-order valence-corrected chi connectivity index (χ3v) is 6.24. The maximum atomic E-state index is 12.9. The predicted molar refractivity (Wildman–Crippen MR) is 112 cm³/mol. The van der Waals surface area contributed by atoms with E-state index >= 15 is 0 Å². The van der Waals surface area contributed by atoms with Crippen LogP contribution in [0.3, 0.4) is 0 Å². The Morgan fingerprint density at radius 2 is 1.93 bits per heavy atom. The lowest BCUT2D eigenvalue weighted by Gasteiger charge is -2.21. The van der Waals surface area contributed by atoms with Gasteiger partial charge < -0.3 is 19.7 Å². The van der Waals surface area contributed by atoms with Gasteiger partial charge in [-0.25, -0.2) is 0 Å². The van der Waals surface area contributed by atoms with Crippen molar-refractivity contribution in [3.05, 3.63) is 40.9 Å². The molecule has 2 aromatic carbocycles. The highest BCUT2D eigenvalue weighted by molar-refractivity contribution is 9.10. The number of nitrogens with zero attached hydrogens (tertiary/aromatic N) is 1. The zero-order valence-corrected chi connectivity index (χ0v) is 17.6. The number of anilines is 2. The van der Waals surface area contributed by atoms with Crippen LogP contribution in [0.2, 0.25) is 0 Å². The molecule has 28 heavy (non-hydrogen) atoms. The second-order valence-electron chi connectivity index (χ2n) is 6.47. The van der Waals surface area contributed by atoms with Crippen molar-refractivity contribution in [3.8, 4) is 11.5 Å². The number of hydrogen-bond donors (Lipinski definition) is 1. The Hall–Kier alpha value is -2.19. The van der Waals surface area contributed by atoms with Crippen LogP contribution in [-0.4, -0.2) is 37.8 Å². The number of ether oxygens (including phenoxy) is 2. The van der Waals surface area contributed by atoms with Crippen LogP contribution >= 0.6 is 27.7 Å². The van der Waals surface area contributed by atoms with Crippen molar-refractivity contribution in [2.75, 3.05) is 36.2 Å². The molecule has 2 aliphatic rings. The number of nitrogens with one attached hydrogen (secondary N) is 1. The molecule has 1 saturated heterocycles. The van der Waals surface area contributed by atoms with Gasteiger partial charge in [0.25, 0.3) is 0 Å². The molecule has 8 heteroatoms. The summed E-state index contributed by atoms with van der Waals surface area (Å²) in [6, 6.07) is 11.2. The number of carbonyl (C=O) groups excluding carboxylic acids is 2. The molecule has 1 N–H and O–H groups in total. The first-order valence-electron chi connectivity index (χ1n) is 8.93. The molecule has 2 amide bonds. The number of fused-ring (bicyclic) bond motifs is 1. The van der Waals surface area contributed by atoms with Gasteiger partial charge in [0.1, 0.15) is 19.1 Å². The summed E-state index contributed by atoms with van der Waals surface area (Å²) in [4.78, 5) is 28.3. The second kappa shape index (κ2) is 8.05. The van der Waals surface area contributed by atoms with Crippen molar-refractivity contribution in [1.82, 2.24) is 0 Å². The fourth-order valence-electron chi connectivity index (χ4n) is 3.39. The summed E-state index contributed by atoms with van der Waals surface area (Å²) in [7, 11) is 0. The van der Waals surface area contributed by atoms with E-state index in [2.05, 4.69) is 21.2 Å². The fourth-order valence-corrected chi connectivity index (χ4v) is 4.44. The molecule has 2 aliphatic heterocycles. The number of thioether (sulfide) groups is 1. The van der Waals surface area contributed by atoms with Gasteiger partial charge in [0, 0.05) is 22.0 Å². The maximum Gasteiger partial charge on any atom is 0.239 e. The van der Waals surface area contributed by atoms with Crippen LogP contribution in [0.15, 0.2) is 45.8 Å². The van der Waals surface area contributed by atoms with E-state index < -0.39 is 5.92 Å². The molecule has 6 nitrogen and oxygen atoms in total. The molecule has 2 heterocycles. The number of amides is 2. The average molecular weight is 463 g/mol. The Morgan fingerprint density at radius 3 is 2.64 bits per heavy atom. The van der Waals surface area contributed by atoms with E-state index in [4.69, 9.17) is 9.47 Å². The third kappa shape index (κ3) is 3.58. The van der Waals surface area contributed by atoms with E-state index in [1.807, 2.05) is 36.6 Å². The SMILES string of the molecule is CSc1cc2c(cc1NC(=O)C1CCN(c3ccccc3Br)C1=O)OCCO2. The lowest BCUT2D eigenvalue weighted by molar-refractivity contribution is -0.129. The Morgan fingerprint density at radius 1 is 1.21 bits per heavy atom. The summed E-state index contributed by atoms with van der Waals surface area (Å²) in [6.07, 6.45) is 2.40. The molecule has 0 saturated carbocycles. The number of hydrogen-bond acceptors (Lipinski definition) is 5. The fraction of sp³-hybridized carbons (Fsp3) is 0.300. The van der Waals surface area contributed by atoms with Crippen LogP contribution in [0.25, 0.3) is 0 Å².